The fraction of sp³-hybridized carbons (Fsp3) is 0.750. The van der Waals surface area contributed by atoms with Gasteiger partial charge >= 0.3 is 0 Å². The summed E-state index contributed by atoms with van der Waals surface area (Å²) in [5, 5.41) is 16.5. The SMILES string of the molecule is Cn1cc([C@@H]2OCC[C@H]2CNCC(C)(C)CCC#N)cn1. The Morgan fingerprint density at radius 2 is 2.38 bits per heavy atom. The zero-order valence-electron chi connectivity index (χ0n) is 13.3. The van der Waals surface area contributed by atoms with Gasteiger partial charge in [-0.2, -0.15) is 10.4 Å². The molecule has 1 saturated heterocycles. The van der Waals surface area contributed by atoms with E-state index in [-0.39, 0.29) is 11.5 Å². The molecule has 0 spiro atoms. The van der Waals surface area contributed by atoms with Gasteiger partial charge in [0.25, 0.3) is 0 Å². The normalized spacial score (nSPS) is 22.4. The average Bonchev–Trinajstić information content (AvgIpc) is 3.05. The number of aryl methyl sites for hydroxylation is 1. The molecule has 0 amide bonds. The molecule has 1 aromatic heterocycles. The third-order valence-electron chi connectivity index (χ3n) is 4.19. The molecule has 5 heteroatoms. The van der Waals surface area contributed by atoms with Crippen molar-refractivity contribution in [2.75, 3.05) is 19.7 Å². The van der Waals surface area contributed by atoms with Crippen LogP contribution in [0.3, 0.4) is 0 Å². The maximum Gasteiger partial charge on any atom is 0.0896 e. The maximum atomic E-state index is 8.70. The van der Waals surface area contributed by atoms with Crippen molar-refractivity contribution in [3.63, 3.8) is 0 Å². The van der Waals surface area contributed by atoms with Crippen LogP contribution in [0.5, 0.6) is 0 Å². The lowest BCUT2D eigenvalue weighted by Gasteiger charge is -2.26. The first kappa shape index (κ1) is 16.0. The van der Waals surface area contributed by atoms with Crippen molar-refractivity contribution in [1.29, 1.82) is 5.26 Å². The van der Waals surface area contributed by atoms with E-state index < -0.39 is 0 Å². The molecule has 2 heterocycles. The predicted molar refractivity (Wildman–Crippen MR) is 81.5 cm³/mol. The summed E-state index contributed by atoms with van der Waals surface area (Å²) in [7, 11) is 1.93. The zero-order chi connectivity index (χ0) is 15.3. The first-order chi connectivity index (χ1) is 10.0. The molecule has 116 valence electrons. The third-order valence-corrected chi connectivity index (χ3v) is 4.19. The first-order valence-electron chi connectivity index (χ1n) is 7.70. The standard InChI is InChI=1S/C16H26N4O/c1-16(2,6-4-7-17)12-18-9-13-5-8-21-15(13)14-10-19-20(3)11-14/h10-11,13,15,18H,4-6,8-9,12H2,1-3H3/t13-,15+/m0/s1. The van der Waals surface area contributed by atoms with E-state index in [1.807, 2.05) is 24.1 Å². The van der Waals surface area contributed by atoms with Crippen molar-refractivity contribution in [1.82, 2.24) is 15.1 Å². The number of nitrogens with one attached hydrogen (secondary N) is 1. The lowest BCUT2D eigenvalue weighted by Crippen LogP contribution is -2.33. The summed E-state index contributed by atoms with van der Waals surface area (Å²) in [5.74, 6) is 0.501. The Morgan fingerprint density at radius 1 is 1.57 bits per heavy atom. The van der Waals surface area contributed by atoms with Crippen LogP contribution in [0, 0.1) is 22.7 Å². The van der Waals surface area contributed by atoms with Crippen molar-refractivity contribution in [3.05, 3.63) is 18.0 Å². The summed E-state index contributed by atoms with van der Waals surface area (Å²) in [6, 6.07) is 2.23. The molecule has 0 aromatic carbocycles. The van der Waals surface area contributed by atoms with Gasteiger partial charge in [-0.15, -0.1) is 0 Å². The van der Waals surface area contributed by atoms with Crippen LogP contribution in [0.15, 0.2) is 12.4 Å². The Balaban J connectivity index is 1.81. The zero-order valence-corrected chi connectivity index (χ0v) is 13.3. The molecule has 21 heavy (non-hydrogen) atoms. The van der Waals surface area contributed by atoms with Gasteiger partial charge in [-0.25, -0.2) is 0 Å². The first-order valence-corrected chi connectivity index (χ1v) is 7.70. The third kappa shape index (κ3) is 4.55. The van der Waals surface area contributed by atoms with E-state index in [2.05, 4.69) is 30.3 Å². The van der Waals surface area contributed by atoms with Gasteiger partial charge in [0.15, 0.2) is 0 Å². The Morgan fingerprint density at radius 3 is 3.05 bits per heavy atom. The molecular formula is C16H26N4O. The van der Waals surface area contributed by atoms with E-state index in [9.17, 15) is 0 Å². The highest BCUT2D eigenvalue weighted by atomic mass is 16.5. The molecule has 0 radical (unpaired) electrons. The highest BCUT2D eigenvalue weighted by Gasteiger charge is 2.30. The number of hydrogen-bond acceptors (Lipinski definition) is 4. The van der Waals surface area contributed by atoms with Crippen LogP contribution < -0.4 is 5.32 Å². The van der Waals surface area contributed by atoms with E-state index in [0.29, 0.717) is 12.3 Å². The number of aromatic nitrogens is 2. The van der Waals surface area contributed by atoms with Crippen molar-refractivity contribution >= 4 is 0 Å². The molecule has 1 aliphatic heterocycles. The number of rotatable bonds is 7. The summed E-state index contributed by atoms with van der Waals surface area (Å²) in [5.41, 5.74) is 1.34. The van der Waals surface area contributed by atoms with Crippen molar-refractivity contribution in [3.8, 4) is 6.07 Å². The predicted octanol–water partition coefficient (Wildman–Crippen LogP) is 2.42. The summed E-state index contributed by atoms with van der Waals surface area (Å²) in [6.07, 6.45) is 6.75. The topological polar surface area (TPSA) is 62.9 Å². The van der Waals surface area contributed by atoms with Crippen molar-refractivity contribution in [2.24, 2.45) is 18.4 Å². The van der Waals surface area contributed by atoms with Crippen LogP contribution in [0.2, 0.25) is 0 Å². The van der Waals surface area contributed by atoms with Gasteiger partial charge in [-0.3, -0.25) is 4.68 Å². The molecule has 0 saturated carbocycles. The Kier molecular flexibility index (Phi) is 5.38. The van der Waals surface area contributed by atoms with Crippen molar-refractivity contribution < 1.29 is 4.74 Å². The Hall–Kier alpha value is -1.38. The van der Waals surface area contributed by atoms with Crippen LogP contribution in [0.25, 0.3) is 0 Å². The molecule has 1 fully saturated rings. The second kappa shape index (κ2) is 7.06. The summed E-state index contributed by atoms with van der Waals surface area (Å²) < 4.78 is 7.70. The van der Waals surface area contributed by atoms with E-state index in [1.165, 1.54) is 5.56 Å². The Labute approximate surface area is 127 Å². The smallest absolute Gasteiger partial charge is 0.0896 e. The number of hydrogen-bond donors (Lipinski definition) is 1. The van der Waals surface area contributed by atoms with Crippen LogP contribution in [0.4, 0.5) is 0 Å². The molecule has 2 atom stereocenters. The molecule has 0 aliphatic carbocycles. The molecular weight excluding hydrogens is 264 g/mol. The maximum absolute atomic E-state index is 8.70. The van der Waals surface area contributed by atoms with Crippen LogP contribution >= 0.6 is 0 Å². The largest absolute Gasteiger partial charge is 0.373 e. The lowest BCUT2D eigenvalue weighted by atomic mass is 9.87. The van der Waals surface area contributed by atoms with Gasteiger partial charge in [-0.05, 0) is 18.3 Å². The van der Waals surface area contributed by atoms with Gasteiger partial charge in [0, 0.05) is 50.8 Å². The molecule has 1 N–H and O–H groups in total. The van der Waals surface area contributed by atoms with Gasteiger partial charge in [0.2, 0.25) is 0 Å². The molecule has 1 aromatic rings. The number of nitrogens with zero attached hydrogens (tertiary/aromatic N) is 3. The molecule has 1 aliphatic rings. The summed E-state index contributed by atoms with van der Waals surface area (Å²) >= 11 is 0. The minimum atomic E-state index is 0.161. The minimum absolute atomic E-state index is 0.161. The van der Waals surface area contributed by atoms with Crippen LogP contribution in [0.1, 0.15) is 44.8 Å². The van der Waals surface area contributed by atoms with Gasteiger partial charge in [0.05, 0.1) is 18.4 Å². The summed E-state index contributed by atoms with van der Waals surface area (Å²) in [4.78, 5) is 0. The highest BCUT2D eigenvalue weighted by molar-refractivity contribution is 5.11. The minimum Gasteiger partial charge on any atom is -0.373 e. The van der Waals surface area contributed by atoms with E-state index >= 15 is 0 Å². The van der Waals surface area contributed by atoms with E-state index in [4.69, 9.17) is 10.00 Å². The highest BCUT2D eigenvalue weighted by Crippen LogP contribution is 2.34. The van der Waals surface area contributed by atoms with Crippen molar-refractivity contribution in [2.45, 2.75) is 39.2 Å². The van der Waals surface area contributed by atoms with Gasteiger partial charge in [-0.1, -0.05) is 13.8 Å². The number of nitriles is 1. The Bertz CT molecular complexity index is 489. The van der Waals surface area contributed by atoms with Gasteiger partial charge in [0.1, 0.15) is 0 Å². The fourth-order valence-electron chi connectivity index (χ4n) is 2.88. The van der Waals surface area contributed by atoms with E-state index in [1.54, 1.807) is 0 Å². The summed E-state index contributed by atoms with van der Waals surface area (Å²) in [6.45, 7) is 7.13. The fourth-order valence-corrected chi connectivity index (χ4v) is 2.88. The molecule has 0 unspecified atom stereocenters. The van der Waals surface area contributed by atoms with Crippen LogP contribution in [-0.2, 0) is 11.8 Å². The molecule has 0 bridgehead atoms. The van der Waals surface area contributed by atoms with Gasteiger partial charge < -0.3 is 10.1 Å². The second-order valence-electron chi connectivity index (χ2n) is 6.74. The monoisotopic (exact) mass is 290 g/mol. The average molecular weight is 290 g/mol. The second-order valence-corrected chi connectivity index (χ2v) is 6.74. The van der Waals surface area contributed by atoms with E-state index in [0.717, 1.165) is 32.5 Å². The molecule has 5 nitrogen and oxygen atoms in total. The number of ether oxygens (including phenoxy) is 1. The molecule has 2 rings (SSSR count). The van der Waals surface area contributed by atoms with Crippen LogP contribution in [-0.4, -0.2) is 29.5 Å². The lowest BCUT2D eigenvalue weighted by molar-refractivity contribution is 0.0897. The quantitative estimate of drug-likeness (QED) is 0.837.